The molecule has 0 aliphatic rings. The van der Waals surface area contributed by atoms with E-state index in [9.17, 15) is 4.79 Å². The second kappa shape index (κ2) is 6.14. The molecule has 2 aromatic heterocycles. The van der Waals surface area contributed by atoms with E-state index in [1.807, 2.05) is 38.1 Å². The van der Waals surface area contributed by atoms with Gasteiger partial charge in [-0.15, -0.1) is 0 Å². The van der Waals surface area contributed by atoms with Gasteiger partial charge in [-0.3, -0.25) is 10.3 Å². The van der Waals surface area contributed by atoms with Crippen molar-refractivity contribution in [2.24, 2.45) is 0 Å². The van der Waals surface area contributed by atoms with Gasteiger partial charge in [0.1, 0.15) is 5.82 Å². The van der Waals surface area contributed by atoms with Crippen molar-refractivity contribution in [3.63, 3.8) is 0 Å². The van der Waals surface area contributed by atoms with Crippen LogP contribution < -0.4 is 5.32 Å². The van der Waals surface area contributed by atoms with Crippen LogP contribution in [0.25, 0.3) is 0 Å². The minimum Gasteiger partial charge on any atom is -0.323 e. The number of amides is 2. The molecule has 0 aliphatic heterocycles. The number of carbonyl (C=O) groups excluding carboxylic acids is 1. The van der Waals surface area contributed by atoms with Gasteiger partial charge < -0.3 is 4.90 Å². The maximum atomic E-state index is 12.1. The lowest BCUT2D eigenvalue weighted by molar-refractivity contribution is 0.220. The molecule has 1 N–H and O–H groups in total. The highest BCUT2D eigenvalue weighted by atomic mass is 16.2. The number of aromatic nitrogens is 2. The molecule has 0 aliphatic carbocycles. The topological polar surface area (TPSA) is 58.1 Å². The normalized spacial score (nSPS) is 10.2. The van der Waals surface area contributed by atoms with Crippen LogP contribution in [0.3, 0.4) is 0 Å². The van der Waals surface area contributed by atoms with Crippen molar-refractivity contribution in [3.8, 4) is 0 Å². The SMILES string of the molecule is Cc1cc(C)nc(NC(=O)N(C)Cc2ccncc2)c1. The van der Waals surface area contributed by atoms with Gasteiger partial charge in [0, 0.05) is 31.7 Å². The summed E-state index contributed by atoms with van der Waals surface area (Å²) in [4.78, 5) is 22.0. The number of nitrogens with one attached hydrogen (secondary N) is 1. The molecule has 0 saturated carbocycles. The van der Waals surface area contributed by atoms with Gasteiger partial charge in [-0.05, 0) is 49.2 Å². The highest BCUT2D eigenvalue weighted by Gasteiger charge is 2.10. The van der Waals surface area contributed by atoms with E-state index >= 15 is 0 Å². The zero-order chi connectivity index (χ0) is 14.5. The number of urea groups is 1. The predicted molar refractivity (Wildman–Crippen MR) is 78.4 cm³/mol. The molecule has 20 heavy (non-hydrogen) atoms. The van der Waals surface area contributed by atoms with Crippen LogP contribution in [0.1, 0.15) is 16.8 Å². The zero-order valence-corrected chi connectivity index (χ0v) is 11.9. The second-order valence-corrected chi connectivity index (χ2v) is 4.81. The van der Waals surface area contributed by atoms with Crippen molar-refractivity contribution in [2.75, 3.05) is 12.4 Å². The molecular formula is C15H18N4O. The number of hydrogen-bond donors (Lipinski definition) is 1. The van der Waals surface area contributed by atoms with E-state index in [-0.39, 0.29) is 6.03 Å². The van der Waals surface area contributed by atoms with E-state index in [4.69, 9.17) is 0 Å². The first-order valence-corrected chi connectivity index (χ1v) is 6.41. The van der Waals surface area contributed by atoms with Gasteiger partial charge >= 0.3 is 6.03 Å². The molecule has 0 fully saturated rings. The summed E-state index contributed by atoms with van der Waals surface area (Å²) in [5.41, 5.74) is 2.99. The molecule has 5 nitrogen and oxygen atoms in total. The molecule has 2 amide bonds. The van der Waals surface area contributed by atoms with Crippen LogP contribution in [0.15, 0.2) is 36.7 Å². The zero-order valence-electron chi connectivity index (χ0n) is 11.9. The molecule has 0 aromatic carbocycles. The third-order valence-electron chi connectivity index (χ3n) is 2.85. The molecule has 104 valence electrons. The van der Waals surface area contributed by atoms with Crippen LogP contribution in [0.2, 0.25) is 0 Å². The maximum Gasteiger partial charge on any atom is 0.323 e. The molecule has 2 heterocycles. The Bertz CT molecular complexity index is 578. The molecule has 0 spiro atoms. The molecule has 2 rings (SSSR count). The Labute approximate surface area is 118 Å². The molecule has 0 bridgehead atoms. The smallest absolute Gasteiger partial charge is 0.323 e. The molecule has 0 atom stereocenters. The summed E-state index contributed by atoms with van der Waals surface area (Å²) in [5.74, 6) is 0.578. The summed E-state index contributed by atoms with van der Waals surface area (Å²) >= 11 is 0. The average molecular weight is 270 g/mol. The van der Waals surface area contributed by atoms with Gasteiger partial charge in [-0.1, -0.05) is 0 Å². The van der Waals surface area contributed by atoms with Crippen LogP contribution in [-0.4, -0.2) is 27.9 Å². The number of pyridine rings is 2. The van der Waals surface area contributed by atoms with Gasteiger partial charge in [-0.25, -0.2) is 9.78 Å². The number of anilines is 1. The van der Waals surface area contributed by atoms with Crippen LogP contribution in [0.5, 0.6) is 0 Å². The molecule has 0 unspecified atom stereocenters. The number of carbonyl (C=O) groups is 1. The van der Waals surface area contributed by atoms with E-state index in [0.29, 0.717) is 12.4 Å². The van der Waals surface area contributed by atoms with E-state index in [1.54, 1.807) is 24.3 Å². The molecule has 0 radical (unpaired) electrons. The van der Waals surface area contributed by atoms with Crippen molar-refractivity contribution in [1.29, 1.82) is 0 Å². The summed E-state index contributed by atoms with van der Waals surface area (Å²) in [7, 11) is 1.75. The van der Waals surface area contributed by atoms with Crippen molar-refractivity contribution < 1.29 is 4.79 Å². The Kier molecular flexibility index (Phi) is 4.30. The van der Waals surface area contributed by atoms with Crippen LogP contribution in [0, 0.1) is 13.8 Å². The first-order chi connectivity index (χ1) is 9.54. The minimum absolute atomic E-state index is 0.181. The highest BCUT2D eigenvalue weighted by Crippen LogP contribution is 2.10. The Morgan fingerprint density at radius 2 is 1.95 bits per heavy atom. The van der Waals surface area contributed by atoms with Gasteiger partial charge in [0.25, 0.3) is 0 Å². The maximum absolute atomic E-state index is 12.1. The largest absolute Gasteiger partial charge is 0.323 e. The highest BCUT2D eigenvalue weighted by molar-refractivity contribution is 5.88. The lowest BCUT2D eigenvalue weighted by Gasteiger charge is -2.18. The molecule has 2 aromatic rings. The van der Waals surface area contributed by atoms with Crippen LogP contribution >= 0.6 is 0 Å². The number of rotatable bonds is 3. The van der Waals surface area contributed by atoms with E-state index < -0.39 is 0 Å². The van der Waals surface area contributed by atoms with Gasteiger partial charge in [0.15, 0.2) is 0 Å². The van der Waals surface area contributed by atoms with Gasteiger partial charge in [-0.2, -0.15) is 0 Å². The summed E-state index contributed by atoms with van der Waals surface area (Å²) < 4.78 is 0. The van der Waals surface area contributed by atoms with Crippen LogP contribution in [0.4, 0.5) is 10.6 Å². The van der Waals surface area contributed by atoms with E-state index in [1.165, 1.54) is 0 Å². The first kappa shape index (κ1) is 14.0. The monoisotopic (exact) mass is 270 g/mol. The number of aryl methyl sites for hydroxylation is 2. The molecular weight excluding hydrogens is 252 g/mol. The molecule has 0 saturated heterocycles. The fourth-order valence-corrected chi connectivity index (χ4v) is 1.94. The lowest BCUT2D eigenvalue weighted by atomic mass is 10.2. The quantitative estimate of drug-likeness (QED) is 0.933. The van der Waals surface area contributed by atoms with Gasteiger partial charge in [0.05, 0.1) is 0 Å². The summed E-state index contributed by atoms with van der Waals surface area (Å²) in [6.45, 7) is 4.41. The fourth-order valence-electron chi connectivity index (χ4n) is 1.94. The first-order valence-electron chi connectivity index (χ1n) is 6.41. The summed E-state index contributed by atoms with van der Waals surface area (Å²) in [6, 6.07) is 7.42. The summed E-state index contributed by atoms with van der Waals surface area (Å²) in [6.07, 6.45) is 3.43. The lowest BCUT2D eigenvalue weighted by Crippen LogP contribution is -2.31. The van der Waals surface area contributed by atoms with Gasteiger partial charge in [0.2, 0.25) is 0 Å². The van der Waals surface area contributed by atoms with Crippen molar-refractivity contribution in [2.45, 2.75) is 20.4 Å². The van der Waals surface area contributed by atoms with Crippen molar-refractivity contribution >= 4 is 11.8 Å². The third-order valence-corrected chi connectivity index (χ3v) is 2.85. The number of nitrogens with zero attached hydrogens (tertiary/aromatic N) is 3. The van der Waals surface area contributed by atoms with Crippen LogP contribution in [-0.2, 0) is 6.54 Å². The van der Waals surface area contributed by atoms with E-state index in [2.05, 4.69) is 15.3 Å². The Balaban J connectivity index is 2.00. The van der Waals surface area contributed by atoms with E-state index in [0.717, 1.165) is 16.8 Å². The predicted octanol–water partition coefficient (Wildman–Crippen LogP) is 2.76. The Morgan fingerprint density at radius 1 is 1.25 bits per heavy atom. The number of hydrogen-bond acceptors (Lipinski definition) is 3. The van der Waals surface area contributed by atoms with Crippen molar-refractivity contribution in [1.82, 2.24) is 14.9 Å². The Hall–Kier alpha value is -2.43. The van der Waals surface area contributed by atoms with Crippen molar-refractivity contribution in [3.05, 3.63) is 53.5 Å². The second-order valence-electron chi connectivity index (χ2n) is 4.81. The molecule has 5 heteroatoms. The Morgan fingerprint density at radius 3 is 2.60 bits per heavy atom. The average Bonchev–Trinajstić information content (AvgIpc) is 2.38. The third kappa shape index (κ3) is 3.78. The minimum atomic E-state index is -0.181. The standard InChI is InChI=1S/C15H18N4O/c1-11-8-12(2)17-14(9-11)18-15(20)19(3)10-13-4-6-16-7-5-13/h4-9H,10H2,1-3H3,(H,17,18,20). The fraction of sp³-hybridized carbons (Fsp3) is 0.267. The summed E-state index contributed by atoms with van der Waals surface area (Å²) in [5, 5.41) is 2.80.